The van der Waals surface area contributed by atoms with Crippen molar-refractivity contribution in [2.45, 2.75) is 65.3 Å². The van der Waals surface area contributed by atoms with Crippen LogP contribution in [0.4, 0.5) is 0 Å². The highest BCUT2D eigenvalue weighted by Crippen LogP contribution is 2.36. The summed E-state index contributed by atoms with van der Waals surface area (Å²) in [7, 11) is 0. The quantitative estimate of drug-likeness (QED) is 0.524. The fraction of sp³-hybridized carbons (Fsp3) is 1.00. The van der Waals surface area contributed by atoms with E-state index in [0.717, 1.165) is 17.8 Å². The van der Waals surface area contributed by atoms with E-state index in [1.54, 1.807) is 0 Å². The average molecular weight is 212 g/mol. The van der Waals surface area contributed by atoms with Crippen LogP contribution in [0.2, 0.25) is 0 Å². The molecule has 90 valence electrons. The molecule has 1 aliphatic carbocycles. The molecule has 2 heteroatoms. The van der Waals surface area contributed by atoms with Crippen LogP contribution >= 0.6 is 0 Å². The zero-order valence-corrected chi connectivity index (χ0v) is 10.6. The van der Waals surface area contributed by atoms with E-state index < -0.39 is 0 Å². The lowest BCUT2D eigenvalue weighted by Crippen LogP contribution is -2.41. The third-order valence-corrected chi connectivity index (χ3v) is 4.30. The van der Waals surface area contributed by atoms with E-state index in [4.69, 9.17) is 5.84 Å². The zero-order valence-electron chi connectivity index (χ0n) is 10.6. The van der Waals surface area contributed by atoms with Crippen LogP contribution in [0, 0.1) is 17.8 Å². The Morgan fingerprint density at radius 1 is 1.33 bits per heavy atom. The van der Waals surface area contributed by atoms with Crippen molar-refractivity contribution in [2.75, 3.05) is 0 Å². The highest BCUT2D eigenvalue weighted by Gasteiger charge is 2.29. The van der Waals surface area contributed by atoms with E-state index in [-0.39, 0.29) is 0 Å². The van der Waals surface area contributed by atoms with Crippen molar-refractivity contribution in [3.63, 3.8) is 0 Å². The molecule has 0 aromatic carbocycles. The highest BCUT2D eigenvalue weighted by molar-refractivity contribution is 4.84. The van der Waals surface area contributed by atoms with Crippen molar-refractivity contribution in [3.05, 3.63) is 0 Å². The Morgan fingerprint density at radius 3 is 2.53 bits per heavy atom. The van der Waals surface area contributed by atoms with Gasteiger partial charge in [0.2, 0.25) is 0 Å². The molecule has 1 saturated carbocycles. The van der Waals surface area contributed by atoms with Gasteiger partial charge < -0.3 is 0 Å². The summed E-state index contributed by atoms with van der Waals surface area (Å²) in [5, 5.41) is 0. The van der Waals surface area contributed by atoms with Crippen LogP contribution in [0.25, 0.3) is 0 Å². The normalized spacial score (nSPS) is 30.4. The van der Waals surface area contributed by atoms with Gasteiger partial charge in [-0.25, -0.2) is 0 Å². The summed E-state index contributed by atoms with van der Waals surface area (Å²) in [5.41, 5.74) is 3.05. The van der Waals surface area contributed by atoms with Crippen molar-refractivity contribution in [1.82, 2.24) is 5.43 Å². The maximum absolute atomic E-state index is 5.69. The van der Waals surface area contributed by atoms with Gasteiger partial charge in [-0.3, -0.25) is 11.3 Å². The van der Waals surface area contributed by atoms with E-state index >= 15 is 0 Å². The molecule has 2 nitrogen and oxygen atoms in total. The Kier molecular flexibility index (Phi) is 5.62. The smallest absolute Gasteiger partial charge is 0.0241 e. The first-order chi connectivity index (χ1) is 7.21. The van der Waals surface area contributed by atoms with Crippen LogP contribution in [0.3, 0.4) is 0 Å². The number of hydrogen-bond donors (Lipinski definition) is 2. The molecule has 0 spiro atoms. The molecule has 4 atom stereocenters. The van der Waals surface area contributed by atoms with E-state index in [1.807, 2.05) is 0 Å². The van der Waals surface area contributed by atoms with Gasteiger partial charge in [0.05, 0.1) is 0 Å². The zero-order chi connectivity index (χ0) is 11.3. The molecular weight excluding hydrogens is 184 g/mol. The van der Waals surface area contributed by atoms with Gasteiger partial charge in [0.15, 0.2) is 0 Å². The standard InChI is InChI=1S/C13H28N2/c1-4-10(3)8-13(15-14)12-7-6-11(5-2)9-12/h10-13,15H,4-9,14H2,1-3H3. The Morgan fingerprint density at radius 2 is 2.07 bits per heavy atom. The second-order valence-corrected chi connectivity index (χ2v) is 5.37. The molecule has 0 bridgehead atoms. The summed E-state index contributed by atoms with van der Waals surface area (Å²) in [4.78, 5) is 0. The molecule has 15 heavy (non-hydrogen) atoms. The summed E-state index contributed by atoms with van der Waals surface area (Å²) >= 11 is 0. The number of rotatable bonds is 6. The second-order valence-electron chi connectivity index (χ2n) is 5.37. The number of nitrogens with two attached hydrogens (primary N) is 1. The number of hydrogen-bond acceptors (Lipinski definition) is 2. The molecule has 1 fully saturated rings. The third-order valence-electron chi connectivity index (χ3n) is 4.30. The fourth-order valence-electron chi connectivity index (χ4n) is 2.85. The summed E-state index contributed by atoms with van der Waals surface area (Å²) in [6.45, 7) is 6.91. The summed E-state index contributed by atoms with van der Waals surface area (Å²) in [6, 6.07) is 0.552. The van der Waals surface area contributed by atoms with Gasteiger partial charge in [-0.2, -0.15) is 0 Å². The lowest BCUT2D eigenvalue weighted by Gasteiger charge is -2.25. The summed E-state index contributed by atoms with van der Waals surface area (Å²) in [6.07, 6.45) is 8.04. The molecule has 1 aliphatic rings. The fourth-order valence-corrected chi connectivity index (χ4v) is 2.85. The van der Waals surface area contributed by atoms with E-state index in [2.05, 4.69) is 26.2 Å². The topological polar surface area (TPSA) is 38.0 Å². The Bertz CT molecular complexity index is 170. The molecule has 0 aromatic heterocycles. The maximum atomic E-state index is 5.69. The van der Waals surface area contributed by atoms with Crippen molar-refractivity contribution in [2.24, 2.45) is 23.6 Å². The SMILES string of the molecule is CCC(C)CC(NN)C1CCC(CC)C1. The Balaban J connectivity index is 2.38. The largest absolute Gasteiger partial charge is 0.271 e. The summed E-state index contributed by atoms with van der Waals surface area (Å²) < 4.78 is 0. The van der Waals surface area contributed by atoms with Crippen molar-refractivity contribution >= 4 is 0 Å². The predicted octanol–water partition coefficient (Wildman–Crippen LogP) is 3.08. The van der Waals surface area contributed by atoms with Crippen LogP contribution in [-0.4, -0.2) is 6.04 Å². The van der Waals surface area contributed by atoms with E-state index in [9.17, 15) is 0 Å². The molecule has 0 saturated heterocycles. The van der Waals surface area contributed by atoms with Gasteiger partial charge >= 0.3 is 0 Å². The van der Waals surface area contributed by atoms with Crippen LogP contribution in [0.1, 0.15) is 59.3 Å². The van der Waals surface area contributed by atoms with Crippen LogP contribution in [0.5, 0.6) is 0 Å². The Hall–Kier alpha value is -0.0800. The number of nitrogens with one attached hydrogen (secondary N) is 1. The Labute approximate surface area is 95.0 Å². The average Bonchev–Trinajstić information content (AvgIpc) is 2.73. The molecule has 3 N–H and O–H groups in total. The minimum absolute atomic E-state index is 0.552. The molecule has 4 unspecified atom stereocenters. The first kappa shape index (κ1) is 13.0. The first-order valence-corrected chi connectivity index (χ1v) is 6.67. The minimum Gasteiger partial charge on any atom is -0.271 e. The highest BCUT2D eigenvalue weighted by atomic mass is 15.2. The molecule has 1 rings (SSSR count). The monoisotopic (exact) mass is 212 g/mol. The van der Waals surface area contributed by atoms with Crippen molar-refractivity contribution in [1.29, 1.82) is 0 Å². The van der Waals surface area contributed by atoms with E-state index in [0.29, 0.717) is 6.04 Å². The molecular formula is C13H28N2. The van der Waals surface area contributed by atoms with Crippen LogP contribution in [0.15, 0.2) is 0 Å². The third kappa shape index (κ3) is 3.76. The minimum atomic E-state index is 0.552. The maximum Gasteiger partial charge on any atom is 0.0241 e. The van der Waals surface area contributed by atoms with Gasteiger partial charge in [-0.1, -0.05) is 40.0 Å². The predicted molar refractivity (Wildman–Crippen MR) is 66.3 cm³/mol. The molecule has 0 aromatic rings. The van der Waals surface area contributed by atoms with Gasteiger partial charge in [0.1, 0.15) is 0 Å². The van der Waals surface area contributed by atoms with Crippen molar-refractivity contribution in [3.8, 4) is 0 Å². The van der Waals surface area contributed by atoms with Gasteiger partial charge in [0.25, 0.3) is 0 Å². The first-order valence-electron chi connectivity index (χ1n) is 6.67. The molecule has 0 aliphatic heterocycles. The van der Waals surface area contributed by atoms with Gasteiger partial charge in [-0.05, 0) is 37.0 Å². The van der Waals surface area contributed by atoms with Gasteiger partial charge in [0, 0.05) is 6.04 Å². The lowest BCUT2D eigenvalue weighted by molar-refractivity contribution is 0.293. The molecule has 0 radical (unpaired) electrons. The van der Waals surface area contributed by atoms with E-state index in [1.165, 1.54) is 38.5 Å². The molecule has 0 amide bonds. The van der Waals surface area contributed by atoms with Crippen molar-refractivity contribution < 1.29 is 0 Å². The second kappa shape index (κ2) is 6.49. The molecule has 0 heterocycles. The van der Waals surface area contributed by atoms with Gasteiger partial charge in [-0.15, -0.1) is 0 Å². The van der Waals surface area contributed by atoms with Crippen LogP contribution in [-0.2, 0) is 0 Å². The summed E-state index contributed by atoms with van der Waals surface area (Å²) in [5.74, 6) is 8.28. The number of hydrazine groups is 1. The van der Waals surface area contributed by atoms with Crippen LogP contribution < -0.4 is 11.3 Å². The lowest BCUT2D eigenvalue weighted by atomic mass is 9.88.